The third-order valence-corrected chi connectivity index (χ3v) is 4.63. The summed E-state index contributed by atoms with van der Waals surface area (Å²) >= 11 is 0. The molecule has 2 aromatic rings. The summed E-state index contributed by atoms with van der Waals surface area (Å²) in [4.78, 5) is 28.5. The van der Waals surface area contributed by atoms with Crippen LogP contribution in [0.15, 0.2) is 58.1 Å². The second kappa shape index (κ2) is 6.22. The van der Waals surface area contributed by atoms with Crippen LogP contribution in [0.3, 0.4) is 0 Å². The zero-order chi connectivity index (χ0) is 20.0. The smallest absolute Gasteiger partial charge is 0.222 e. The Morgan fingerprint density at radius 3 is 1.82 bits per heavy atom. The molecule has 0 amide bonds. The molecular weight excluding hydrogens is 362 g/mol. The zero-order valence-electron chi connectivity index (χ0n) is 14.1. The molecule has 0 N–H and O–H groups in total. The maximum atomic E-state index is 13.9. The fraction of sp³-hybridized carbons (Fsp3) is 0. The molecular formula is C22H8F2N2O2. The molecule has 2 aromatic carbocycles. The average Bonchev–Trinajstić information content (AvgIpc) is 3.18. The Morgan fingerprint density at radius 1 is 0.821 bits per heavy atom. The summed E-state index contributed by atoms with van der Waals surface area (Å²) in [5.41, 5.74) is -0.317. The van der Waals surface area contributed by atoms with E-state index < -0.39 is 22.5 Å². The molecule has 0 heterocycles. The van der Waals surface area contributed by atoms with Crippen LogP contribution >= 0.6 is 0 Å². The Bertz CT molecular complexity index is 1390. The molecule has 0 radical (unpaired) electrons. The second-order valence-corrected chi connectivity index (χ2v) is 6.19. The molecule has 2 aliphatic rings. The topological polar surface area (TPSA) is 62.3 Å². The van der Waals surface area contributed by atoms with Crippen molar-refractivity contribution in [1.82, 2.24) is 0 Å². The first-order valence-electron chi connectivity index (χ1n) is 8.09. The van der Waals surface area contributed by atoms with Crippen molar-refractivity contribution < 1.29 is 8.78 Å². The van der Waals surface area contributed by atoms with E-state index >= 15 is 0 Å². The quantitative estimate of drug-likeness (QED) is 0.500. The van der Waals surface area contributed by atoms with E-state index in [1.807, 2.05) is 0 Å². The van der Waals surface area contributed by atoms with Gasteiger partial charge in [0.1, 0.15) is 17.7 Å². The van der Waals surface area contributed by atoms with Crippen LogP contribution in [0.5, 0.6) is 0 Å². The lowest BCUT2D eigenvalue weighted by Crippen LogP contribution is -2.00. The van der Waals surface area contributed by atoms with Crippen LogP contribution in [0.2, 0.25) is 0 Å². The Kier molecular flexibility index (Phi) is 3.84. The highest BCUT2D eigenvalue weighted by Gasteiger charge is 2.17. The number of nitriles is 1. The Balaban J connectivity index is 1.88. The maximum Gasteiger partial charge on any atom is 0.222 e. The largest absolute Gasteiger partial charge is 0.289 e. The number of halogens is 2. The van der Waals surface area contributed by atoms with Crippen LogP contribution in [0.1, 0.15) is 5.56 Å². The molecule has 0 saturated heterocycles. The molecule has 2 aliphatic carbocycles. The van der Waals surface area contributed by atoms with Gasteiger partial charge in [0, 0.05) is 21.6 Å². The minimum atomic E-state index is -0.751. The number of benzene rings is 2. The van der Waals surface area contributed by atoms with E-state index in [2.05, 4.69) is 4.85 Å². The number of rotatable bonds is 2. The van der Waals surface area contributed by atoms with Crippen molar-refractivity contribution >= 4 is 5.69 Å². The highest BCUT2D eigenvalue weighted by Crippen LogP contribution is 2.26. The van der Waals surface area contributed by atoms with Gasteiger partial charge in [-0.2, -0.15) is 5.26 Å². The summed E-state index contributed by atoms with van der Waals surface area (Å²) in [5.74, 6) is -1.50. The van der Waals surface area contributed by atoms with Gasteiger partial charge in [-0.05, 0) is 41.5 Å². The van der Waals surface area contributed by atoms with Crippen LogP contribution in [0.25, 0.3) is 27.1 Å². The van der Waals surface area contributed by atoms with Gasteiger partial charge < -0.3 is 0 Å². The third kappa shape index (κ3) is 2.48. The van der Waals surface area contributed by atoms with Gasteiger partial charge in [0.2, 0.25) is 5.69 Å². The highest BCUT2D eigenvalue weighted by molar-refractivity contribution is 5.71. The minimum absolute atomic E-state index is 0.140. The van der Waals surface area contributed by atoms with Crippen LogP contribution < -0.4 is 10.9 Å². The fourth-order valence-electron chi connectivity index (χ4n) is 3.21. The average molecular weight is 370 g/mol. The molecule has 4 rings (SSSR count). The Labute approximate surface area is 156 Å². The van der Waals surface area contributed by atoms with Crippen molar-refractivity contribution in [3.05, 3.63) is 108 Å². The minimum Gasteiger partial charge on any atom is -0.289 e. The van der Waals surface area contributed by atoms with Gasteiger partial charge in [-0.1, -0.05) is 18.2 Å². The van der Waals surface area contributed by atoms with Gasteiger partial charge in [0.15, 0.2) is 10.9 Å². The molecule has 0 aromatic heterocycles. The number of hydrogen-bond acceptors (Lipinski definition) is 3. The van der Waals surface area contributed by atoms with E-state index in [-0.39, 0.29) is 43.9 Å². The molecule has 4 nitrogen and oxygen atoms in total. The van der Waals surface area contributed by atoms with Gasteiger partial charge in [-0.15, -0.1) is 0 Å². The van der Waals surface area contributed by atoms with Gasteiger partial charge in [-0.25, -0.2) is 13.6 Å². The van der Waals surface area contributed by atoms with E-state index in [1.54, 1.807) is 6.07 Å². The summed E-state index contributed by atoms with van der Waals surface area (Å²) < 4.78 is 27.7. The molecule has 28 heavy (non-hydrogen) atoms. The second-order valence-electron chi connectivity index (χ2n) is 6.19. The zero-order valence-corrected chi connectivity index (χ0v) is 14.1. The lowest BCUT2D eigenvalue weighted by Gasteiger charge is -2.00. The molecule has 0 saturated carbocycles. The van der Waals surface area contributed by atoms with Gasteiger partial charge in [-0.3, -0.25) is 9.59 Å². The van der Waals surface area contributed by atoms with Crippen molar-refractivity contribution in [3.63, 3.8) is 0 Å². The number of nitrogens with zero attached hydrogens (tertiary/aromatic N) is 2. The molecule has 132 valence electrons. The van der Waals surface area contributed by atoms with Crippen molar-refractivity contribution in [1.29, 1.82) is 5.26 Å². The molecule has 0 atom stereocenters. The monoisotopic (exact) mass is 370 g/mol. The fourth-order valence-corrected chi connectivity index (χ4v) is 3.21. The lowest BCUT2D eigenvalue weighted by molar-refractivity contribution is 0.624. The highest BCUT2D eigenvalue weighted by atomic mass is 19.1. The summed E-state index contributed by atoms with van der Waals surface area (Å²) in [5, 5.41) is 9.13. The van der Waals surface area contributed by atoms with Crippen molar-refractivity contribution in [2.75, 3.05) is 0 Å². The molecule has 0 spiro atoms. The first-order valence-corrected chi connectivity index (χ1v) is 8.09. The van der Waals surface area contributed by atoms with E-state index in [9.17, 15) is 18.4 Å². The van der Waals surface area contributed by atoms with Gasteiger partial charge in [0.25, 0.3) is 0 Å². The van der Waals surface area contributed by atoms with Gasteiger partial charge in [0.05, 0.1) is 12.1 Å². The summed E-state index contributed by atoms with van der Waals surface area (Å²) in [6, 6.07) is 12.1. The molecule has 6 heteroatoms. The molecule has 0 unspecified atom stereocenters. The third-order valence-electron chi connectivity index (χ3n) is 4.63. The molecule has 0 bridgehead atoms. The molecule has 0 fully saturated rings. The predicted octanol–water partition coefficient (Wildman–Crippen LogP) is 4.04. The van der Waals surface area contributed by atoms with E-state index in [0.717, 1.165) is 12.1 Å². The Hall–Kier alpha value is -4.16. The maximum absolute atomic E-state index is 13.9. The first-order chi connectivity index (χ1) is 13.4. The molecule has 0 aliphatic heterocycles. The SMILES string of the molecule is [C-]#[N+]c1ccc(-c2cc3c(=O)c(-c4ccc(C#N)c(F)c4)cc=3c2=O)cc1F. The normalized spacial score (nSPS) is 10.7. The number of hydrogen-bond donors (Lipinski definition) is 0. The van der Waals surface area contributed by atoms with Crippen LogP contribution in [-0.4, -0.2) is 0 Å². The van der Waals surface area contributed by atoms with E-state index in [4.69, 9.17) is 11.8 Å². The van der Waals surface area contributed by atoms with Crippen LogP contribution in [0.4, 0.5) is 14.5 Å². The van der Waals surface area contributed by atoms with Crippen LogP contribution in [-0.2, 0) is 0 Å². The summed E-state index contributed by atoms with van der Waals surface area (Å²) in [6.45, 7) is 6.88. The van der Waals surface area contributed by atoms with Crippen LogP contribution in [0, 0.1) is 40.0 Å². The van der Waals surface area contributed by atoms with Crippen molar-refractivity contribution in [2.24, 2.45) is 0 Å². The van der Waals surface area contributed by atoms with E-state index in [1.165, 1.54) is 36.4 Å². The van der Waals surface area contributed by atoms with Crippen molar-refractivity contribution in [2.45, 2.75) is 0 Å². The summed E-state index contributed by atoms with van der Waals surface area (Å²) in [7, 11) is 0. The predicted molar refractivity (Wildman–Crippen MR) is 98.4 cm³/mol. The Morgan fingerprint density at radius 2 is 1.36 bits per heavy atom. The standard InChI is InChI=1S/C22H8F2N2O2/c1-26-20-5-4-12(7-19(20)24)15-9-17-16(22(15)28)8-14(21(17)27)11-2-3-13(10-25)18(23)6-11/h2-9H. The van der Waals surface area contributed by atoms with Crippen molar-refractivity contribution in [3.8, 4) is 28.3 Å². The summed E-state index contributed by atoms with van der Waals surface area (Å²) in [6.07, 6.45) is 0. The first kappa shape index (κ1) is 17.3. The van der Waals surface area contributed by atoms with E-state index in [0.29, 0.717) is 0 Å². The lowest BCUT2D eigenvalue weighted by atomic mass is 10.0. The van der Waals surface area contributed by atoms with Gasteiger partial charge >= 0.3 is 0 Å².